The van der Waals surface area contributed by atoms with E-state index >= 15 is 0 Å². The average molecular weight is 304 g/mol. The molecule has 0 aliphatic heterocycles. The molecular formula is C15H20N4O3. The molecule has 2 rings (SSSR count). The van der Waals surface area contributed by atoms with Gasteiger partial charge >= 0.3 is 0 Å². The lowest BCUT2D eigenvalue weighted by molar-refractivity contribution is -0.121. The van der Waals surface area contributed by atoms with Crippen LogP contribution < -0.4 is 10.6 Å². The summed E-state index contributed by atoms with van der Waals surface area (Å²) >= 11 is 0. The van der Waals surface area contributed by atoms with Crippen LogP contribution in [0.25, 0.3) is 0 Å². The molecule has 1 atom stereocenters. The van der Waals surface area contributed by atoms with E-state index in [1.54, 1.807) is 24.7 Å². The average Bonchev–Trinajstić information content (AvgIpc) is 3.15. The molecule has 7 nitrogen and oxygen atoms in total. The Balaban J connectivity index is 1.58. The quantitative estimate of drug-likeness (QED) is 0.717. The highest BCUT2D eigenvalue weighted by atomic mass is 16.3. The predicted octanol–water partition coefficient (Wildman–Crippen LogP) is 1.19. The second kappa shape index (κ2) is 8.02. The Labute approximate surface area is 128 Å². The summed E-state index contributed by atoms with van der Waals surface area (Å²) < 4.78 is 6.89. The Hall–Kier alpha value is -2.57. The van der Waals surface area contributed by atoms with Gasteiger partial charge < -0.3 is 19.6 Å². The van der Waals surface area contributed by atoms with E-state index in [1.165, 1.54) is 6.26 Å². The molecule has 0 aliphatic carbocycles. The number of aromatic nitrogens is 2. The maximum absolute atomic E-state index is 11.8. The standard InChI is InChI=1S/C15H20N4O3/c1-12(10-19-8-7-16-11-19)18-14(20)5-2-6-17-15(21)13-4-3-9-22-13/h3-4,7-9,11-12H,2,5-6,10H2,1H3,(H,17,21)(H,18,20). The van der Waals surface area contributed by atoms with Gasteiger partial charge in [0.2, 0.25) is 5.91 Å². The lowest BCUT2D eigenvalue weighted by atomic mass is 10.2. The topological polar surface area (TPSA) is 89.2 Å². The van der Waals surface area contributed by atoms with Gasteiger partial charge in [-0.05, 0) is 25.5 Å². The van der Waals surface area contributed by atoms with Crippen LogP contribution in [-0.2, 0) is 11.3 Å². The first kappa shape index (κ1) is 15.8. The van der Waals surface area contributed by atoms with Crippen molar-refractivity contribution < 1.29 is 14.0 Å². The molecule has 2 aromatic heterocycles. The number of hydrogen-bond donors (Lipinski definition) is 2. The molecule has 0 aliphatic rings. The Kier molecular flexibility index (Phi) is 5.76. The Morgan fingerprint density at radius 1 is 1.45 bits per heavy atom. The molecule has 0 fully saturated rings. The number of carbonyl (C=O) groups is 2. The van der Waals surface area contributed by atoms with Crippen LogP contribution in [0.5, 0.6) is 0 Å². The van der Waals surface area contributed by atoms with Crippen molar-refractivity contribution in [1.29, 1.82) is 0 Å². The largest absolute Gasteiger partial charge is 0.459 e. The van der Waals surface area contributed by atoms with Crippen molar-refractivity contribution >= 4 is 11.8 Å². The molecule has 22 heavy (non-hydrogen) atoms. The van der Waals surface area contributed by atoms with E-state index in [9.17, 15) is 9.59 Å². The molecule has 7 heteroatoms. The number of amides is 2. The van der Waals surface area contributed by atoms with Crippen LogP contribution in [0.4, 0.5) is 0 Å². The van der Waals surface area contributed by atoms with Gasteiger partial charge in [-0.2, -0.15) is 0 Å². The smallest absolute Gasteiger partial charge is 0.286 e. The maximum Gasteiger partial charge on any atom is 0.286 e. The zero-order chi connectivity index (χ0) is 15.8. The number of carbonyl (C=O) groups excluding carboxylic acids is 2. The van der Waals surface area contributed by atoms with Gasteiger partial charge in [-0.1, -0.05) is 0 Å². The highest BCUT2D eigenvalue weighted by Gasteiger charge is 2.09. The summed E-state index contributed by atoms with van der Waals surface area (Å²) in [4.78, 5) is 27.3. The highest BCUT2D eigenvalue weighted by molar-refractivity contribution is 5.91. The van der Waals surface area contributed by atoms with Gasteiger partial charge in [0.05, 0.1) is 12.6 Å². The third kappa shape index (κ3) is 5.08. The molecule has 0 spiro atoms. The van der Waals surface area contributed by atoms with Crippen molar-refractivity contribution in [3.63, 3.8) is 0 Å². The summed E-state index contributed by atoms with van der Waals surface area (Å²) in [5.74, 6) is -0.0165. The fourth-order valence-electron chi connectivity index (χ4n) is 2.05. The third-order valence-corrected chi connectivity index (χ3v) is 3.06. The molecule has 0 saturated carbocycles. The number of nitrogens with one attached hydrogen (secondary N) is 2. The molecule has 2 aromatic rings. The van der Waals surface area contributed by atoms with E-state index in [4.69, 9.17) is 4.42 Å². The zero-order valence-electron chi connectivity index (χ0n) is 12.5. The number of imidazole rings is 1. The minimum Gasteiger partial charge on any atom is -0.459 e. The van der Waals surface area contributed by atoms with E-state index in [1.807, 2.05) is 17.7 Å². The van der Waals surface area contributed by atoms with Crippen molar-refractivity contribution in [2.24, 2.45) is 0 Å². The zero-order valence-corrected chi connectivity index (χ0v) is 12.5. The van der Waals surface area contributed by atoms with Crippen molar-refractivity contribution in [3.05, 3.63) is 42.9 Å². The van der Waals surface area contributed by atoms with Crippen LogP contribution in [0, 0.1) is 0 Å². The van der Waals surface area contributed by atoms with Crippen LogP contribution in [0.15, 0.2) is 41.5 Å². The first-order valence-electron chi connectivity index (χ1n) is 7.22. The van der Waals surface area contributed by atoms with E-state index in [0.717, 1.165) is 0 Å². The van der Waals surface area contributed by atoms with Crippen LogP contribution in [0.1, 0.15) is 30.3 Å². The molecular weight excluding hydrogens is 284 g/mol. The minimum atomic E-state index is -0.265. The predicted molar refractivity (Wildman–Crippen MR) is 80.1 cm³/mol. The number of rotatable bonds is 8. The first-order chi connectivity index (χ1) is 10.6. The summed E-state index contributed by atoms with van der Waals surface area (Å²) in [5, 5.41) is 5.62. The van der Waals surface area contributed by atoms with E-state index < -0.39 is 0 Å². The SMILES string of the molecule is CC(Cn1ccnc1)NC(=O)CCCNC(=O)c1ccco1. The summed E-state index contributed by atoms with van der Waals surface area (Å²) in [6.45, 7) is 3.06. The lowest BCUT2D eigenvalue weighted by Crippen LogP contribution is -2.35. The molecule has 118 valence electrons. The molecule has 0 saturated heterocycles. The van der Waals surface area contributed by atoms with Gasteiger partial charge in [0.1, 0.15) is 0 Å². The van der Waals surface area contributed by atoms with Gasteiger partial charge in [0.25, 0.3) is 5.91 Å². The fraction of sp³-hybridized carbons (Fsp3) is 0.400. The number of nitrogens with zero attached hydrogens (tertiary/aromatic N) is 2. The molecule has 1 unspecified atom stereocenters. The van der Waals surface area contributed by atoms with Crippen LogP contribution in [0.2, 0.25) is 0 Å². The highest BCUT2D eigenvalue weighted by Crippen LogP contribution is 1.99. The van der Waals surface area contributed by atoms with Gasteiger partial charge in [-0.25, -0.2) is 4.98 Å². The summed E-state index contributed by atoms with van der Waals surface area (Å²) in [7, 11) is 0. The molecule has 2 N–H and O–H groups in total. The molecule has 0 aromatic carbocycles. The van der Waals surface area contributed by atoms with E-state index in [0.29, 0.717) is 25.9 Å². The van der Waals surface area contributed by atoms with E-state index in [2.05, 4.69) is 15.6 Å². The monoisotopic (exact) mass is 304 g/mol. The van der Waals surface area contributed by atoms with Crippen molar-refractivity contribution in [2.75, 3.05) is 6.54 Å². The molecule has 0 radical (unpaired) electrons. The lowest BCUT2D eigenvalue weighted by Gasteiger charge is -2.14. The Morgan fingerprint density at radius 2 is 2.32 bits per heavy atom. The van der Waals surface area contributed by atoms with Crippen LogP contribution in [-0.4, -0.2) is 34.0 Å². The molecule has 2 heterocycles. The van der Waals surface area contributed by atoms with Gasteiger partial charge in [-0.3, -0.25) is 9.59 Å². The minimum absolute atomic E-state index is 0.0272. The summed E-state index contributed by atoms with van der Waals surface area (Å²) in [5.41, 5.74) is 0. The number of hydrogen-bond acceptors (Lipinski definition) is 4. The van der Waals surface area contributed by atoms with Crippen LogP contribution in [0.3, 0.4) is 0 Å². The third-order valence-electron chi connectivity index (χ3n) is 3.06. The van der Waals surface area contributed by atoms with Crippen molar-refractivity contribution in [3.8, 4) is 0 Å². The van der Waals surface area contributed by atoms with E-state index in [-0.39, 0.29) is 23.6 Å². The molecule has 2 amide bonds. The molecule has 0 bridgehead atoms. The van der Waals surface area contributed by atoms with Crippen molar-refractivity contribution in [1.82, 2.24) is 20.2 Å². The fourth-order valence-corrected chi connectivity index (χ4v) is 2.05. The maximum atomic E-state index is 11.8. The van der Waals surface area contributed by atoms with Gasteiger partial charge in [0.15, 0.2) is 5.76 Å². The van der Waals surface area contributed by atoms with Crippen molar-refractivity contribution in [2.45, 2.75) is 32.4 Å². The van der Waals surface area contributed by atoms with Crippen LogP contribution >= 0.6 is 0 Å². The second-order valence-corrected chi connectivity index (χ2v) is 5.06. The first-order valence-corrected chi connectivity index (χ1v) is 7.22. The Bertz CT molecular complexity index is 578. The Morgan fingerprint density at radius 3 is 3.00 bits per heavy atom. The summed E-state index contributed by atoms with van der Waals surface area (Å²) in [6.07, 6.45) is 7.67. The van der Waals surface area contributed by atoms with Gasteiger partial charge in [0, 0.05) is 37.9 Å². The number of furan rings is 1. The second-order valence-electron chi connectivity index (χ2n) is 5.06. The van der Waals surface area contributed by atoms with Gasteiger partial charge in [-0.15, -0.1) is 0 Å². The normalized spacial score (nSPS) is 11.9. The summed E-state index contributed by atoms with van der Waals surface area (Å²) in [6, 6.07) is 3.28.